The van der Waals surface area contributed by atoms with Gasteiger partial charge in [0.25, 0.3) is 5.91 Å². The summed E-state index contributed by atoms with van der Waals surface area (Å²) in [5.41, 5.74) is 0.528. The average molecular weight is 261 g/mol. The van der Waals surface area contributed by atoms with E-state index in [4.69, 9.17) is 0 Å². The van der Waals surface area contributed by atoms with Gasteiger partial charge in [-0.15, -0.1) is 0 Å². The number of carbonyl (C=O) groups is 1. The van der Waals surface area contributed by atoms with Crippen molar-refractivity contribution in [2.75, 3.05) is 12.4 Å². The molecule has 0 bridgehead atoms. The van der Waals surface area contributed by atoms with Crippen LogP contribution in [0.25, 0.3) is 0 Å². The smallest absolute Gasteiger partial charge is 0.272 e. The molecule has 4 heteroatoms. The number of hydrogen-bond donors (Lipinski definition) is 1. The largest absolute Gasteiger partial charge is 0.368 e. The predicted octanol–water partition coefficient (Wildman–Crippen LogP) is 2.92. The van der Waals surface area contributed by atoms with Gasteiger partial charge in [0, 0.05) is 19.1 Å². The maximum absolute atomic E-state index is 12.4. The Morgan fingerprint density at radius 3 is 2.68 bits per heavy atom. The fourth-order valence-electron chi connectivity index (χ4n) is 2.57. The van der Waals surface area contributed by atoms with Gasteiger partial charge in [0.2, 0.25) is 0 Å². The summed E-state index contributed by atoms with van der Waals surface area (Å²) in [4.78, 5) is 18.7. The fraction of sp³-hybridized carbons (Fsp3) is 0.600. The summed E-state index contributed by atoms with van der Waals surface area (Å²) < 4.78 is 0. The molecule has 1 saturated carbocycles. The summed E-state index contributed by atoms with van der Waals surface area (Å²) >= 11 is 0. The third kappa shape index (κ3) is 3.46. The lowest BCUT2D eigenvalue weighted by molar-refractivity contribution is 0.0729. The number of hydrogen-bond acceptors (Lipinski definition) is 3. The Labute approximate surface area is 115 Å². The van der Waals surface area contributed by atoms with E-state index in [1.807, 2.05) is 24.1 Å². The van der Waals surface area contributed by atoms with Crippen LogP contribution < -0.4 is 5.32 Å². The Bertz CT molecular complexity index is 439. The number of anilines is 1. The number of aromatic nitrogens is 1. The molecule has 1 N–H and O–H groups in total. The van der Waals surface area contributed by atoms with Gasteiger partial charge in [0.15, 0.2) is 0 Å². The Morgan fingerprint density at radius 2 is 2.05 bits per heavy atom. The normalized spacial score (nSPS) is 15.8. The first-order chi connectivity index (χ1) is 9.08. The van der Waals surface area contributed by atoms with Gasteiger partial charge in [-0.25, -0.2) is 4.98 Å². The van der Waals surface area contributed by atoms with Gasteiger partial charge < -0.3 is 10.2 Å². The molecule has 1 fully saturated rings. The molecular weight excluding hydrogens is 238 g/mol. The van der Waals surface area contributed by atoms with Gasteiger partial charge in [-0.3, -0.25) is 4.79 Å². The predicted molar refractivity (Wildman–Crippen MR) is 77.3 cm³/mol. The second-order valence-corrected chi connectivity index (χ2v) is 5.56. The summed E-state index contributed by atoms with van der Waals surface area (Å²) in [5, 5.41) is 3.23. The van der Waals surface area contributed by atoms with Gasteiger partial charge in [0.05, 0.1) is 0 Å². The van der Waals surface area contributed by atoms with E-state index in [2.05, 4.69) is 24.1 Å². The monoisotopic (exact) mass is 261 g/mol. The summed E-state index contributed by atoms with van der Waals surface area (Å²) in [6.07, 6.45) is 4.69. The zero-order valence-corrected chi connectivity index (χ0v) is 12.0. The molecule has 0 radical (unpaired) electrons. The van der Waals surface area contributed by atoms with Crippen LogP contribution in [0.15, 0.2) is 18.2 Å². The van der Waals surface area contributed by atoms with Crippen LogP contribution in [-0.2, 0) is 0 Å². The van der Waals surface area contributed by atoms with Crippen molar-refractivity contribution in [3.63, 3.8) is 0 Å². The van der Waals surface area contributed by atoms with Crippen molar-refractivity contribution < 1.29 is 4.79 Å². The lowest BCUT2D eigenvalue weighted by atomic mass is 10.2. The number of rotatable bonds is 4. The second-order valence-electron chi connectivity index (χ2n) is 5.56. The molecule has 1 aliphatic carbocycles. The van der Waals surface area contributed by atoms with E-state index in [0.717, 1.165) is 18.7 Å². The first kappa shape index (κ1) is 13.8. The molecule has 0 saturated heterocycles. The molecule has 0 spiro atoms. The lowest BCUT2D eigenvalue weighted by Crippen LogP contribution is -2.35. The molecular formula is C15H23N3O. The Kier molecular flexibility index (Phi) is 4.40. The number of carbonyl (C=O) groups excluding carboxylic acids is 1. The lowest BCUT2D eigenvalue weighted by Gasteiger charge is -2.24. The van der Waals surface area contributed by atoms with E-state index in [1.165, 1.54) is 12.8 Å². The average Bonchev–Trinajstić information content (AvgIpc) is 2.90. The maximum atomic E-state index is 12.4. The highest BCUT2D eigenvalue weighted by Gasteiger charge is 2.24. The van der Waals surface area contributed by atoms with Gasteiger partial charge >= 0.3 is 0 Å². The molecule has 0 aliphatic heterocycles. The summed E-state index contributed by atoms with van der Waals surface area (Å²) in [6.45, 7) is 4.11. The van der Waals surface area contributed by atoms with Crippen LogP contribution in [0.4, 0.5) is 5.82 Å². The Balaban J connectivity index is 2.09. The van der Waals surface area contributed by atoms with E-state index in [9.17, 15) is 4.79 Å². The molecule has 1 aliphatic rings. The van der Waals surface area contributed by atoms with E-state index < -0.39 is 0 Å². The van der Waals surface area contributed by atoms with Crippen molar-refractivity contribution in [1.29, 1.82) is 0 Å². The number of amides is 1. The van der Waals surface area contributed by atoms with Crippen molar-refractivity contribution in [1.82, 2.24) is 9.88 Å². The third-order valence-electron chi connectivity index (χ3n) is 3.60. The highest BCUT2D eigenvalue weighted by atomic mass is 16.2. The van der Waals surface area contributed by atoms with E-state index in [-0.39, 0.29) is 5.91 Å². The molecule has 1 amide bonds. The zero-order chi connectivity index (χ0) is 13.8. The highest BCUT2D eigenvalue weighted by molar-refractivity contribution is 5.92. The fourth-order valence-corrected chi connectivity index (χ4v) is 2.57. The molecule has 104 valence electrons. The SMILES string of the molecule is CC(C)Nc1cccc(C(=O)N(C)C2CCCC2)n1. The second kappa shape index (κ2) is 6.04. The zero-order valence-electron chi connectivity index (χ0n) is 12.0. The highest BCUT2D eigenvalue weighted by Crippen LogP contribution is 2.23. The molecule has 0 aromatic carbocycles. The van der Waals surface area contributed by atoms with Gasteiger partial charge in [-0.1, -0.05) is 18.9 Å². The van der Waals surface area contributed by atoms with Crippen LogP contribution in [0, 0.1) is 0 Å². The van der Waals surface area contributed by atoms with Crippen LogP contribution >= 0.6 is 0 Å². The summed E-state index contributed by atoms with van der Waals surface area (Å²) in [7, 11) is 1.89. The van der Waals surface area contributed by atoms with Gasteiger partial charge in [0.1, 0.15) is 11.5 Å². The summed E-state index contributed by atoms with van der Waals surface area (Å²) in [5.74, 6) is 0.792. The van der Waals surface area contributed by atoms with Crippen molar-refractivity contribution in [2.24, 2.45) is 0 Å². The summed E-state index contributed by atoms with van der Waals surface area (Å²) in [6, 6.07) is 6.26. The first-order valence-electron chi connectivity index (χ1n) is 7.08. The molecule has 1 aromatic rings. The molecule has 0 atom stereocenters. The number of pyridine rings is 1. The number of nitrogens with one attached hydrogen (secondary N) is 1. The van der Waals surface area contributed by atoms with E-state index >= 15 is 0 Å². The first-order valence-corrected chi connectivity index (χ1v) is 7.08. The van der Waals surface area contributed by atoms with E-state index in [1.54, 1.807) is 6.07 Å². The molecule has 2 rings (SSSR count). The van der Waals surface area contributed by atoms with Crippen LogP contribution in [0.3, 0.4) is 0 Å². The Hall–Kier alpha value is -1.58. The minimum Gasteiger partial charge on any atom is -0.368 e. The number of nitrogens with zero attached hydrogens (tertiary/aromatic N) is 2. The molecule has 1 aromatic heterocycles. The minimum atomic E-state index is 0.0271. The van der Waals surface area contributed by atoms with E-state index in [0.29, 0.717) is 17.8 Å². The Morgan fingerprint density at radius 1 is 1.37 bits per heavy atom. The topological polar surface area (TPSA) is 45.2 Å². The van der Waals surface area contributed by atoms with Crippen molar-refractivity contribution in [3.05, 3.63) is 23.9 Å². The third-order valence-corrected chi connectivity index (χ3v) is 3.60. The van der Waals surface area contributed by atoms with Crippen molar-refractivity contribution >= 4 is 11.7 Å². The van der Waals surface area contributed by atoms with Gasteiger partial charge in [-0.05, 0) is 38.8 Å². The maximum Gasteiger partial charge on any atom is 0.272 e. The van der Waals surface area contributed by atoms with Crippen molar-refractivity contribution in [2.45, 2.75) is 51.6 Å². The molecule has 4 nitrogen and oxygen atoms in total. The van der Waals surface area contributed by atoms with Gasteiger partial charge in [-0.2, -0.15) is 0 Å². The molecule has 0 unspecified atom stereocenters. The minimum absolute atomic E-state index is 0.0271. The standard InChI is InChI=1S/C15H23N3O/c1-11(2)16-14-10-6-9-13(17-14)15(19)18(3)12-7-4-5-8-12/h6,9-12H,4-5,7-8H2,1-3H3,(H,16,17). The van der Waals surface area contributed by atoms with Crippen molar-refractivity contribution in [3.8, 4) is 0 Å². The molecule has 19 heavy (non-hydrogen) atoms. The van der Waals surface area contributed by atoms with Crippen LogP contribution in [0.2, 0.25) is 0 Å². The quantitative estimate of drug-likeness (QED) is 0.906. The molecule has 1 heterocycles. The van der Waals surface area contributed by atoms with Crippen LogP contribution in [-0.4, -0.2) is 34.9 Å². The van der Waals surface area contributed by atoms with Crippen LogP contribution in [0.1, 0.15) is 50.0 Å². The van der Waals surface area contributed by atoms with Crippen LogP contribution in [0.5, 0.6) is 0 Å².